The zero-order chi connectivity index (χ0) is 16.4. The molecule has 5 nitrogen and oxygen atoms in total. The molecule has 0 saturated heterocycles. The van der Waals surface area contributed by atoms with Gasteiger partial charge in [0.2, 0.25) is 0 Å². The summed E-state index contributed by atoms with van der Waals surface area (Å²) in [6.45, 7) is 0. The van der Waals surface area contributed by atoms with Crippen LogP contribution in [0.1, 0.15) is 30.7 Å². The third-order valence-electron chi connectivity index (χ3n) is 4.83. The van der Waals surface area contributed by atoms with Crippen molar-refractivity contribution in [3.63, 3.8) is 0 Å². The highest BCUT2D eigenvalue weighted by Gasteiger charge is 2.54. The van der Waals surface area contributed by atoms with Gasteiger partial charge in [0.05, 0.1) is 29.5 Å². The summed E-state index contributed by atoms with van der Waals surface area (Å²) >= 11 is 0. The lowest BCUT2D eigenvalue weighted by Gasteiger charge is -2.43. The Hall–Kier alpha value is -3.10. The summed E-state index contributed by atoms with van der Waals surface area (Å²) in [6.07, 6.45) is 8.10. The Morgan fingerprint density at radius 1 is 1.26 bits per heavy atom. The van der Waals surface area contributed by atoms with Crippen LogP contribution in [0.4, 0.5) is 0 Å². The summed E-state index contributed by atoms with van der Waals surface area (Å²) in [5, 5.41) is 29.2. The fourth-order valence-electron chi connectivity index (χ4n) is 3.84. The molecule has 2 aliphatic carbocycles. The van der Waals surface area contributed by atoms with E-state index in [1.54, 1.807) is 18.5 Å². The molecule has 0 aliphatic heterocycles. The summed E-state index contributed by atoms with van der Waals surface area (Å²) in [5.74, 6) is -0.468. The minimum absolute atomic E-state index is 0.0376. The second-order valence-corrected chi connectivity index (χ2v) is 5.89. The van der Waals surface area contributed by atoms with Gasteiger partial charge in [-0.25, -0.2) is 0 Å². The first-order valence-corrected chi connectivity index (χ1v) is 7.52. The van der Waals surface area contributed by atoms with Crippen LogP contribution in [-0.4, -0.2) is 4.98 Å². The standard InChI is InChI=1S/C18H15N5/c19-8-15-17(22)14-6-2-1-5-13(14)16(18(15,10-20)11-21)12-4-3-7-23-9-12/h3-4,6-7,9,13,16H,1-2,5,22H2. The van der Waals surface area contributed by atoms with Crippen molar-refractivity contribution in [3.05, 3.63) is 53.0 Å². The Bertz CT molecular complexity index is 800. The van der Waals surface area contributed by atoms with Gasteiger partial charge in [0.15, 0.2) is 5.41 Å². The second kappa shape index (κ2) is 5.59. The minimum Gasteiger partial charge on any atom is -0.398 e. The number of nitriles is 3. The molecule has 0 bridgehead atoms. The third-order valence-corrected chi connectivity index (χ3v) is 4.83. The van der Waals surface area contributed by atoms with Crippen molar-refractivity contribution >= 4 is 0 Å². The first kappa shape index (κ1) is 14.8. The zero-order valence-corrected chi connectivity index (χ0v) is 12.5. The van der Waals surface area contributed by atoms with E-state index < -0.39 is 11.3 Å². The summed E-state index contributed by atoms with van der Waals surface area (Å²) in [7, 11) is 0. The molecule has 0 spiro atoms. The average molecular weight is 301 g/mol. The number of pyridine rings is 1. The number of nitrogens with zero attached hydrogens (tertiary/aromatic N) is 4. The Balaban J connectivity index is 2.34. The van der Waals surface area contributed by atoms with Crippen molar-refractivity contribution < 1.29 is 0 Å². The molecule has 2 unspecified atom stereocenters. The van der Waals surface area contributed by atoms with E-state index in [9.17, 15) is 15.8 Å². The number of hydrogen-bond acceptors (Lipinski definition) is 5. The predicted octanol–water partition coefficient (Wildman–Crippen LogP) is 2.68. The molecule has 0 saturated carbocycles. The van der Waals surface area contributed by atoms with Crippen LogP contribution in [-0.2, 0) is 0 Å². The van der Waals surface area contributed by atoms with Crippen LogP contribution in [0.25, 0.3) is 0 Å². The predicted molar refractivity (Wildman–Crippen MR) is 82.9 cm³/mol. The topological polar surface area (TPSA) is 110 Å². The largest absolute Gasteiger partial charge is 0.398 e. The zero-order valence-electron chi connectivity index (χ0n) is 12.5. The molecule has 23 heavy (non-hydrogen) atoms. The van der Waals surface area contributed by atoms with Gasteiger partial charge in [-0.05, 0) is 42.4 Å². The van der Waals surface area contributed by atoms with Crippen molar-refractivity contribution in [1.29, 1.82) is 15.8 Å². The highest BCUT2D eigenvalue weighted by atomic mass is 14.7. The maximum absolute atomic E-state index is 9.83. The maximum Gasteiger partial charge on any atom is 0.187 e. The number of fused-ring (bicyclic) bond motifs is 1. The molecule has 2 aliphatic rings. The number of aromatic nitrogens is 1. The molecule has 0 amide bonds. The second-order valence-electron chi connectivity index (χ2n) is 5.89. The Kier molecular flexibility index (Phi) is 3.61. The van der Waals surface area contributed by atoms with Crippen LogP contribution in [0.5, 0.6) is 0 Å². The summed E-state index contributed by atoms with van der Waals surface area (Å²) < 4.78 is 0. The SMILES string of the molecule is N#CC1=C(N)C2=CCCCC2C(c2cccnc2)C1(C#N)C#N. The van der Waals surface area contributed by atoms with Crippen molar-refractivity contribution in [3.8, 4) is 18.2 Å². The van der Waals surface area contributed by atoms with E-state index in [0.29, 0.717) is 5.70 Å². The molecule has 2 N–H and O–H groups in total. The van der Waals surface area contributed by atoms with E-state index in [4.69, 9.17) is 5.73 Å². The van der Waals surface area contributed by atoms with Gasteiger partial charge in [-0.1, -0.05) is 12.1 Å². The quantitative estimate of drug-likeness (QED) is 0.857. The van der Waals surface area contributed by atoms with E-state index in [-0.39, 0.29) is 11.5 Å². The van der Waals surface area contributed by atoms with Crippen molar-refractivity contribution in [2.24, 2.45) is 17.1 Å². The molecule has 1 heterocycles. The summed E-state index contributed by atoms with van der Waals surface area (Å²) in [6, 6.07) is 9.89. The lowest BCUT2D eigenvalue weighted by Crippen LogP contribution is -2.41. The first-order chi connectivity index (χ1) is 11.2. The molecule has 3 rings (SSSR count). The smallest absolute Gasteiger partial charge is 0.187 e. The van der Waals surface area contributed by atoms with Gasteiger partial charge < -0.3 is 5.73 Å². The molecule has 0 fully saturated rings. The summed E-state index contributed by atoms with van der Waals surface area (Å²) in [5.41, 5.74) is 6.70. The van der Waals surface area contributed by atoms with Crippen LogP contribution in [0.2, 0.25) is 0 Å². The van der Waals surface area contributed by atoms with E-state index in [1.165, 1.54) is 0 Å². The fourth-order valence-corrected chi connectivity index (χ4v) is 3.84. The van der Waals surface area contributed by atoms with Crippen LogP contribution in [0, 0.1) is 45.3 Å². The Labute approximate surface area is 135 Å². The number of nitrogens with two attached hydrogens (primary N) is 1. The Morgan fingerprint density at radius 3 is 2.65 bits per heavy atom. The lowest BCUT2D eigenvalue weighted by atomic mass is 9.56. The molecular formula is C18H15N5. The van der Waals surface area contributed by atoms with Gasteiger partial charge in [0.25, 0.3) is 0 Å². The van der Waals surface area contributed by atoms with Crippen LogP contribution in [0.3, 0.4) is 0 Å². The Morgan fingerprint density at radius 2 is 2.04 bits per heavy atom. The van der Waals surface area contributed by atoms with Gasteiger partial charge in [0, 0.05) is 18.3 Å². The normalized spacial score (nSPS) is 25.3. The van der Waals surface area contributed by atoms with Crippen LogP contribution < -0.4 is 5.73 Å². The van der Waals surface area contributed by atoms with Crippen molar-refractivity contribution in [2.75, 3.05) is 0 Å². The van der Waals surface area contributed by atoms with E-state index in [1.807, 2.05) is 18.2 Å². The van der Waals surface area contributed by atoms with E-state index in [0.717, 1.165) is 30.4 Å². The highest BCUT2D eigenvalue weighted by Crippen LogP contribution is 2.55. The molecule has 112 valence electrons. The molecule has 2 atom stereocenters. The number of hydrogen-bond donors (Lipinski definition) is 1. The molecule has 0 aromatic carbocycles. The van der Waals surface area contributed by atoms with Gasteiger partial charge in [-0.3, -0.25) is 4.98 Å². The number of allylic oxidation sites excluding steroid dienone is 3. The summed E-state index contributed by atoms with van der Waals surface area (Å²) in [4.78, 5) is 4.13. The van der Waals surface area contributed by atoms with Crippen molar-refractivity contribution in [1.82, 2.24) is 4.98 Å². The molecule has 0 radical (unpaired) electrons. The molecule has 1 aromatic rings. The van der Waals surface area contributed by atoms with Gasteiger partial charge in [-0.15, -0.1) is 0 Å². The monoisotopic (exact) mass is 301 g/mol. The maximum atomic E-state index is 9.83. The molecule has 5 heteroatoms. The van der Waals surface area contributed by atoms with E-state index in [2.05, 4.69) is 17.1 Å². The van der Waals surface area contributed by atoms with Crippen LogP contribution in [0.15, 0.2) is 47.4 Å². The molecule has 1 aromatic heterocycles. The number of rotatable bonds is 1. The van der Waals surface area contributed by atoms with Gasteiger partial charge >= 0.3 is 0 Å². The minimum atomic E-state index is -1.57. The highest BCUT2D eigenvalue weighted by molar-refractivity contribution is 5.58. The van der Waals surface area contributed by atoms with Gasteiger partial charge in [-0.2, -0.15) is 15.8 Å². The average Bonchev–Trinajstić information content (AvgIpc) is 2.62. The van der Waals surface area contributed by atoms with Crippen molar-refractivity contribution in [2.45, 2.75) is 25.2 Å². The van der Waals surface area contributed by atoms with Crippen LogP contribution >= 0.6 is 0 Å². The third kappa shape index (κ3) is 2.00. The van der Waals surface area contributed by atoms with Gasteiger partial charge in [0.1, 0.15) is 0 Å². The lowest BCUT2D eigenvalue weighted by molar-refractivity contribution is 0.321. The fraction of sp³-hybridized carbons (Fsp3) is 0.333. The first-order valence-electron chi connectivity index (χ1n) is 7.52. The molecular weight excluding hydrogens is 286 g/mol. The van der Waals surface area contributed by atoms with E-state index >= 15 is 0 Å².